The first-order chi connectivity index (χ1) is 16.8. The standard InChI is InChI=1S/C29H43FO6/c1-7-10-27(34-8-2)35-16-24(33)29(36-27)18(4)13-21-22-12-17(3)20-14-19(31)9-11-25(20,5)28(22,30)23(32)15-26(21,29)6/h14,17-18,21-23,32H,7-13,15-16H2,1-6H3/t17-,18+,21-,22-,23-,25-,26-,27?,28-,29-/m0/s1. The Kier molecular flexibility index (Phi) is 6.19. The molecule has 0 amide bonds. The molecule has 1 heterocycles. The number of ether oxygens (including phenoxy) is 3. The van der Waals surface area contributed by atoms with E-state index in [2.05, 4.69) is 6.92 Å². The normalized spacial score (nSPS) is 52.6. The molecular weight excluding hydrogens is 463 g/mol. The minimum absolute atomic E-state index is 0.0310. The third-order valence-electron chi connectivity index (χ3n) is 11.0. The molecule has 0 aromatic heterocycles. The third kappa shape index (κ3) is 3.09. The van der Waals surface area contributed by atoms with Gasteiger partial charge in [0.25, 0.3) is 5.97 Å². The van der Waals surface area contributed by atoms with Gasteiger partial charge in [-0.05, 0) is 62.9 Å². The molecule has 7 heteroatoms. The molecule has 1 unspecified atom stereocenters. The number of hydrogen-bond acceptors (Lipinski definition) is 6. The Balaban J connectivity index is 1.62. The van der Waals surface area contributed by atoms with Gasteiger partial charge in [-0.1, -0.05) is 40.2 Å². The van der Waals surface area contributed by atoms with Crippen LogP contribution in [0.5, 0.6) is 0 Å². The zero-order valence-corrected chi connectivity index (χ0v) is 22.7. The van der Waals surface area contributed by atoms with E-state index in [1.54, 1.807) is 6.08 Å². The number of rotatable bonds is 4. The summed E-state index contributed by atoms with van der Waals surface area (Å²) in [7, 11) is 0. The Morgan fingerprint density at radius 3 is 2.56 bits per heavy atom. The lowest BCUT2D eigenvalue weighted by atomic mass is 9.42. The van der Waals surface area contributed by atoms with Crippen LogP contribution >= 0.6 is 0 Å². The maximum Gasteiger partial charge on any atom is 0.284 e. The first-order valence-corrected chi connectivity index (χ1v) is 14.0. The van der Waals surface area contributed by atoms with Crippen LogP contribution in [0, 0.1) is 34.5 Å². The van der Waals surface area contributed by atoms with Crippen molar-refractivity contribution in [3.8, 4) is 0 Å². The van der Waals surface area contributed by atoms with E-state index in [0.29, 0.717) is 38.7 Å². The molecule has 10 atom stereocenters. The molecule has 0 radical (unpaired) electrons. The van der Waals surface area contributed by atoms with Gasteiger partial charge in [-0.3, -0.25) is 9.59 Å². The second-order valence-corrected chi connectivity index (χ2v) is 12.7. The molecule has 36 heavy (non-hydrogen) atoms. The van der Waals surface area contributed by atoms with Crippen LogP contribution in [0.3, 0.4) is 0 Å². The summed E-state index contributed by atoms with van der Waals surface area (Å²) < 4.78 is 36.3. The fourth-order valence-corrected chi connectivity index (χ4v) is 9.51. The van der Waals surface area contributed by atoms with Gasteiger partial charge in [0.1, 0.15) is 17.9 Å². The van der Waals surface area contributed by atoms with Crippen LogP contribution < -0.4 is 0 Å². The number of hydrogen-bond donors (Lipinski definition) is 1. The lowest BCUT2D eigenvalue weighted by Gasteiger charge is -2.65. The van der Waals surface area contributed by atoms with Crippen LogP contribution in [0.4, 0.5) is 4.39 Å². The quantitative estimate of drug-likeness (QED) is 0.583. The van der Waals surface area contributed by atoms with Crippen LogP contribution in [0.15, 0.2) is 11.6 Å². The smallest absolute Gasteiger partial charge is 0.284 e. The van der Waals surface area contributed by atoms with Crippen LogP contribution in [0.1, 0.15) is 86.5 Å². The van der Waals surface area contributed by atoms with Crippen molar-refractivity contribution in [2.75, 3.05) is 13.2 Å². The van der Waals surface area contributed by atoms with Gasteiger partial charge < -0.3 is 19.3 Å². The molecule has 4 aliphatic carbocycles. The van der Waals surface area contributed by atoms with Crippen molar-refractivity contribution in [1.29, 1.82) is 0 Å². The largest absolute Gasteiger partial charge is 0.390 e. The number of ketones is 2. The highest BCUT2D eigenvalue weighted by Crippen LogP contribution is 2.73. The Labute approximate surface area is 214 Å². The second kappa shape index (κ2) is 8.42. The van der Waals surface area contributed by atoms with Gasteiger partial charge in [0.15, 0.2) is 11.6 Å². The number of carbonyl (C=O) groups is 2. The molecule has 3 saturated carbocycles. The zero-order valence-electron chi connectivity index (χ0n) is 22.7. The molecule has 5 aliphatic rings. The highest BCUT2D eigenvalue weighted by molar-refractivity contribution is 5.92. The summed E-state index contributed by atoms with van der Waals surface area (Å²) in [6, 6.07) is 0. The number of halogens is 1. The van der Waals surface area contributed by atoms with Gasteiger partial charge in [-0.2, -0.15) is 0 Å². The first-order valence-electron chi connectivity index (χ1n) is 14.0. The van der Waals surface area contributed by atoms with Crippen molar-refractivity contribution < 1.29 is 33.3 Å². The predicted octanol–water partition coefficient (Wildman–Crippen LogP) is 4.92. The van der Waals surface area contributed by atoms with Crippen LogP contribution in [0.25, 0.3) is 0 Å². The van der Waals surface area contributed by atoms with Crippen molar-refractivity contribution >= 4 is 11.6 Å². The highest BCUT2D eigenvalue weighted by Gasteiger charge is 2.78. The van der Waals surface area contributed by atoms with Gasteiger partial charge in [-0.15, -0.1) is 0 Å². The summed E-state index contributed by atoms with van der Waals surface area (Å²) in [5.74, 6) is -2.14. The van der Waals surface area contributed by atoms with Crippen molar-refractivity contribution in [3.63, 3.8) is 0 Å². The van der Waals surface area contributed by atoms with E-state index in [1.807, 2.05) is 34.6 Å². The van der Waals surface area contributed by atoms with Crippen molar-refractivity contribution in [1.82, 2.24) is 0 Å². The lowest BCUT2D eigenvalue weighted by Crippen LogP contribution is -2.73. The van der Waals surface area contributed by atoms with Gasteiger partial charge in [0.05, 0.1) is 6.10 Å². The van der Waals surface area contributed by atoms with E-state index in [9.17, 15) is 14.7 Å². The van der Waals surface area contributed by atoms with Gasteiger partial charge in [0.2, 0.25) is 0 Å². The predicted molar refractivity (Wildman–Crippen MR) is 132 cm³/mol. The average Bonchev–Trinajstić information content (AvgIpc) is 3.02. The molecule has 202 valence electrons. The Bertz CT molecular complexity index is 973. The van der Waals surface area contributed by atoms with E-state index in [-0.39, 0.29) is 42.3 Å². The first kappa shape index (κ1) is 26.5. The van der Waals surface area contributed by atoms with Crippen LogP contribution in [-0.4, -0.2) is 53.2 Å². The minimum Gasteiger partial charge on any atom is -0.390 e. The fourth-order valence-electron chi connectivity index (χ4n) is 9.51. The number of carbonyl (C=O) groups excluding carboxylic acids is 2. The molecule has 1 saturated heterocycles. The molecule has 6 nitrogen and oxygen atoms in total. The number of allylic oxidation sites excluding steroid dienone is 1. The zero-order chi connectivity index (χ0) is 26.3. The Morgan fingerprint density at radius 1 is 1.17 bits per heavy atom. The SMILES string of the molecule is CCCC1(OCC)OCC(=O)[C@@]2(O1)[C@H](C)C[C@H]1[C@@H]3C[C@H](C)C4=CC(=O)CC[C@]4(C)[C@@]3(F)[C@@H](O)C[C@@]12C. The Morgan fingerprint density at radius 2 is 1.89 bits per heavy atom. The molecule has 0 aromatic carbocycles. The van der Waals surface area contributed by atoms with E-state index in [0.717, 1.165) is 12.0 Å². The number of alkyl halides is 1. The molecule has 1 spiro atoms. The van der Waals surface area contributed by atoms with E-state index in [1.165, 1.54) is 0 Å². The van der Waals surface area contributed by atoms with Crippen molar-refractivity contribution in [3.05, 3.63) is 11.6 Å². The summed E-state index contributed by atoms with van der Waals surface area (Å²) in [6.45, 7) is 12.2. The summed E-state index contributed by atoms with van der Waals surface area (Å²) in [5.41, 5.74) is -3.91. The average molecular weight is 507 g/mol. The van der Waals surface area contributed by atoms with Crippen molar-refractivity contribution in [2.45, 2.75) is 110 Å². The minimum atomic E-state index is -1.86. The Hall–Kier alpha value is -1.15. The molecule has 4 fully saturated rings. The maximum absolute atomic E-state index is 17.6. The molecular formula is C29H43FO6. The van der Waals surface area contributed by atoms with Gasteiger partial charge >= 0.3 is 0 Å². The molecule has 1 N–H and O–H groups in total. The monoisotopic (exact) mass is 506 g/mol. The van der Waals surface area contributed by atoms with Crippen molar-refractivity contribution in [2.24, 2.45) is 34.5 Å². The number of aliphatic hydroxyl groups is 1. The number of aliphatic hydroxyl groups excluding tert-OH is 1. The molecule has 0 aromatic rings. The highest BCUT2D eigenvalue weighted by atomic mass is 19.1. The number of fused-ring (bicyclic) bond motifs is 6. The summed E-state index contributed by atoms with van der Waals surface area (Å²) >= 11 is 0. The molecule has 5 rings (SSSR count). The van der Waals surface area contributed by atoms with E-state index >= 15 is 4.39 Å². The van der Waals surface area contributed by atoms with Gasteiger partial charge in [-0.25, -0.2) is 4.39 Å². The molecule has 0 bridgehead atoms. The van der Waals surface area contributed by atoms with Crippen LogP contribution in [-0.2, 0) is 23.8 Å². The third-order valence-corrected chi connectivity index (χ3v) is 11.0. The van der Waals surface area contributed by atoms with Crippen LogP contribution in [0.2, 0.25) is 0 Å². The lowest BCUT2D eigenvalue weighted by molar-refractivity contribution is -0.436. The van der Waals surface area contributed by atoms with E-state index in [4.69, 9.17) is 14.2 Å². The van der Waals surface area contributed by atoms with Gasteiger partial charge in [0, 0.05) is 36.2 Å². The second-order valence-electron chi connectivity index (χ2n) is 12.7. The maximum atomic E-state index is 17.6. The summed E-state index contributed by atoms with van der Waals surface area (Å²) in [4.78, 5) is 26.1. The summed E-state index contributed by atoms with van der Waals surface area (Å²) in [6.07, 6.45) is 3.63. The topological polar surface area (TPSA) is 82.1 Å². The summed E-state index contributed by atoms with van der Waals surface area (Å²) in [5, 5.41) is 11.7. The number of Topliss-reactive ketones (excluding diaryl/α,β-unsaturated/α-hetero) is 1. The van der Waals surface area contributed by atoms with E-state index < -0.39 is 40.1 Å². The fraction of sp³-hybridized carbons (Fsp3) is 0.862. The molecule has 1 aliphatic heterocycles.